The molecule has 0 spiro atoms. The van der Waals surface area contributed by atoms with Crippen molar-refractivity contribution in [3.8, 4) is 11.5 Å². The van der Waals surface area contributed by atoms with Gasteiger partial charge in [-0.2, -0.15) is 23.3 Å². The molecule has 0 saturated carbocycles. The van der Waals surface area contributed by atoms with Crippen molar-refractivity contribution < 1.29 is 27.4 Å². The molecule has 3 rings (SSSR count). The molecule has 27 heavy (non-hydrogen) atoms. The standard InChI is InChI=1S/C19H15F3N2O3/c1-26-15-9-8-12(11-16(15)27-2)10-14-17(19(20,21)22)23-24(18(14)25)13-6-4-3-5-7-13/h3-11H,1-2H3. The second-order valence-electron chi connectivity index (χ2n) is 5.57. The molecule has 0 N–H and O–H groups in total. The first-order valence-electron chi connectivity index (χ1n) is 7.84. The van der Waals surface area contributed by atoms with Gasteiger partial charge in [0, 0.05) is 0 Å². The minimum absolute atomic E-state index is 0.250. The monoisotopic (exact) mass is 376 g/mol. The third-order valence-corrected chi connectivity index (χ3v) is 3.87. The highest BCUT2D eigenvalue weighted by atomic mass is 19.4. The van der Waals surface area contributed by atoms with Crippen LogP contribution in [0.1, 0.15) is 5.56 Å². The van der Waals surface area contributed by atoms with Gasteiger partial charge in [0.2, 0.25) is 0 Å². The summed E-state index contributed by atoms with van der Waals surface area (Å²) in [4.78, 5) is 12.6. The number of methoxy groups -OCH3 is 2. The Morgan fingerprint density at radius 2 is 1.67 bits per heavy atom. The third kappa shape index (κ3) is 3.64. The number of hydrazone groups is 1. The first kappa shape index (κ1) is 18.5. The number of hydrogen-bond acceptors (Lipinski definition) is 4. The number of rotatable bonds is 4. The van der Waals surface area contributed by atoms with Gasteiger partial charge in [0.15, 0.2) is 17.2 Å². The smallest absolute Gasteiger partial charge is 0.435 e. The predicted molar refractivity (Wildman–Crippen MR) is 94.9 cm³/mol. The molecule has 2 aromatic rings. The molecule has 0 radical (unpaired) electrons. The van der Waals surface area contributed by atoms with Crippen molar-refractivity contribution in [1.82, 2.24) is 0 Å². The fraction of sp³-hybridized carbons (Fsp3) is 0.158. The van der Waals surface area contributed by atoms with Crippen LogP contribution in [-0.4, -0.2) is 32.0 Å². The average Bonchev–Trinajstić information content (AvgIpc) is 2.99. The van der Waals surface area contributed by atoms with Crippen LogP contribution in [0.3, 0.4) is 0 Å². The largest absolute Gasteiger partial charge is 0.493 e. The summed E-state index contributed by atoms with van der Waals surface area (Å²) in [6.45, 7) is 0. The van der Waals surface area contributed by atoms with Gasteiger partial charge in [-0.15, -0.1) is 0 Å². The lowest BCUT2D eigenvalue weighted by atomic mass is 10.1. The van der Waals surface area contributed by atoms with Gasteiger partial charge in [-0.1, -0.05) is 24.3 Å². The predicted octanol–water partition coefficient (Wildman–Crippen LogP) is 4.05. The number of para-hydroxylation sites is 1. The molecule has 0 aromatic heterocycles. The molecular formula is C19H15F3N2O3. The zero-order valence-corrected chi connectivity index (χ0v) is 14.4. The van der Waals surface area contributed by atoms with E-state index in [0.29, 0.717) is 17.1 Å². The number of amides is 1. The van der Waals surface area contributed by atoms with Gasteiger partial charge in [0.05, 0.1) is 25.5 Å². The Morgan fingerprint density at radius 1 is 1.00 bits per heavy atom. The van der Waals surface area contributed by atoms with Crippen LogP contribution in [0, 0.1) is 0 Å². The van der Waals surface area contributed by atoms with Gasteiger partial charge in [0.25, 0.3) is 5.91 Å². The van der Waals surface area contributed by atoms with E-state index in [1.54, 1.807) is 24.3 Å². The van der Waals surface area contributed by atoms with Crippen molar-refractivity contribution in [2.45, 2.75) is 6.18 Å². The summed E-state index contributed by atoms with van der Waals surface area (Å²) in [5.41, 5.74) is -1.19. The van der Waals surface area contributed by atoms with Crippen molar-refractivity contribution >= 4 is 23.4 Å². The van der Waals surface area contributed by atoms with Crippen LogP contribution in [0.15, 0.2) is 59.2 Å². The average molecular weight is 376 g/mol. The molecule has 1 heterocycles. The van der Waals surface area contributed by atoms with E-state index >= 15 is 0 Å². The van der Waals surface area contributed by atoms with Crippen LogP contribution < -0.4 is 14.5 Å². The molecule has 0 bridgehead atoms. The van der Waals surface area contributed by atoms with Gasteiger partial charge < -0.3 is 9.47 Å². The lowest BCUT2D eigenvalue weighted by Gasteiger charge is -2.11. The van der Waals surface area contributed by atoms with Gasteiger partial charge in [-0.05, 0) is 35.9 Å². The molecule has 0 saturated heterocycles. The summed E-state index contributed by atoms with van der Waals surface area (Å²) in [5.74, 6) is -0.0981. The van der Waals surface area contributed by atoms with Crippen molar-refractivity contribution in [1.29, 1.82) is 0 Å². The van der Waals surface area contributed by atoms with Crippen LogP contribution in [-0.2, 0) is 4.79 Å². The molecule has 5 nitrogen and oxygen atoms in total. The molecule has 0 unspecified atom stereocenters. The van der Waals surface area contributed by atoms with Crippen molar-refractivity contribution in [3.05, 3.63) is 59.7 Å². The van der Waals surface area contributed by atoms with Crippen LogP contribution in [0.25, 0.3) is 6.08 Å². The van der Waals surface area contributed by atoms with Crippen LogP contribution in [0.2, 0.25) is 0 Å². The van der Waals surface area contributed by atoms with Crippen molar-refractivity contribution in [3.63, 3.8) is 0 Å². The normalized spacial score (nSPS) is 15.9. The minimum Gasteiger partial charge on any atom is -0.493 e. The number of halogens is 3. The number of carbonyl (C=O) groups is 1. The highest BCUT2D eigenvalue weighted by molar-refractivity contribution is 6.34. The summed E-state index contributed by atoms with van der Waals surface area (Å²) >= 11 is 0. The molecule has 140 valence electrons. The summed E-state index contributed by atoms with van der Waals surface area (Å²) in [6, 6.07) is 12.5. The quantitative estimate of drug-likeness (QED) is 0.757. The van der Waals surface area contributed by atoms with Gasteiger partial charge in [-0.3, -0.25) is 4.79 Å². The maximum absolute atomic E-state index is 13.4. The van der Waals surface area contributed by atoms with Crippen LogP contribution in [0.5, 0.6) is 11.5 Å². The molecule has 0 fully saturated rings. The highest BCUT2D eigenvalue weighted by Gasteiger charge is 2.46. The summed E-state index contributed by atoms with van der Waals surface area (Å²) in [5, 5.41) is 4.26. The number of nitrogens with zero attached hydrogens (tertiary/aromatic N) is 2. The Labute approximate surface area is 153 Å². The number of hydrogen-bond donors (Lipinski definition) is 0. The zero-order valence-electron chi connectivity index (χ0n) is 14.4. The number of carbonyl (C=O) groups excluding carboxylic acids is 1. The molecule has 1 aliphatic heterocycles. The fourth-order valence-corrected chi connectivity index (χ4v) is 2.61. The minimum atomic E-state index is -4.78. The summed E-state index contributed by atoms with van der Waals surface area (Å²) in [6.07, 6.45) is -3.64. The second-order valence-corrected chi connectivity index (χ2v) is 5.57. The molecule has 0 aliphatic carbocycles. The van der Waals surface area contributed by atoms with Crippen LogP contribution in [0.4, 0.5) is 18.9 Å². The van der Waals surface area contributed by atoms with E-state index in [9.17, 15) is 18.0 Å². The van der Waals surface area contributed by atoms with Gasteiger partial charge >= 0.3 is 6.18 Å². The van der Waals surface area contributed by atoms with E-state index in [0.717, 1.165) is 11.1 Å². The zero-order chi connectivity index (χ0) is 19.6. The molecular weight excluding hydrogens is 361 g/mol. The van der Waals surface area contributed by atoms with Gasteiger partial charge in [-0.25, -0.2) is 0 Å². The first-order chi connectivity index (χ1) is 12.8. The van der Waals surface area contributed by atoms with E-state index in [1.165, 1.54) is 38.5 Å². The van der Waals surface area contributed by atoms with E-state index in [1.807, 2.05) is 0 Å². The van der Waals surface area contributed by atoms with E-state index < -0.39 is 23.4 Å². The molecule has 1 amide bonds. The SMILES string of the molecule is COc1ccc(C=C2C(=O)N(c3ccccc3)N=C2C(F)(F)F)cc1OC. The topological polar surface area (TPSA) is 51.1 Å². The molecule has 2 aromatic carbocycles. The first-order valence-corrected chi connectivity index (χ1v) is 7.84. The molecule has 8 heteroatoms. The highest BCUT2D eigenvalue weighted by Crippen LogP contribution is 2.34. The maximum atomic E-state index is 13.4. The number of alkyl halides is 3. The number of anilines is 1. The molecule has 1 aliphatic rings. The Morgan fingerprint density at radius 3 is 2.26 bits per heavy atom. The fourth-order valence-electron chi connectivity index (χ4n) is 2.61. The second kappa shape index (κ2) is 7.14. The van der Waals surface area contributed by atoms with E-state index in [4.69, 9.17) is 9.47 Å². The lowest BCUT2D eigenvalue weighted by Crippen LogP contribution is -2.25. The van der Waals surface area contributed by atoms with E-state index in [2.05, 4.69) is 5.10 Å². The lowest BCUT2D eigenvalue weighted by molar-refractivity contribution is -0.114. The Hall–Kier alpha value is -3.29. The number of benzene rings is 2. The van der Waals surface area contributed by atoms with Crippen LogP contribution >= 0.6 is 0 Å². The third-order valence-electron chi connectivity index (χ3n) is 3.87. The van der Waals surface area contributed by atoms with Gasteiger partial charge in [0.1, 0.15) is 0 Å². The van der Waals surface area contributed by atoms with E-state index in [-0.39, 0.29) is 5.69 Å². The Balaban J connectivity index is 2.07. The molecule has 0 atom stereocenters. The number of ether oxygens (including phenoxy) is 2. The Bertz CT molecular complexity index is 922. The maximum Gasteiger partial charge on any atom is 0.435 e. The Kier molecular flexibility index (Phi) is 4.89. The van der Waals surface area contributed by atoms with Crippen molar-refractivity contribution in [2.75, 3.05) is 19.2 Å². The van der Waals surface area contributed by atoms with Crippen molar-refractivity contribution in [2.24, 2.45) is 5.10 Å². The summed E-state index contributed by atoms with van der Waals surface area (Å²) < 4.78 is 50.6. The summed E-state index contributed by atoms with van der Waals surface area (Å²) in [7, 11) is 2.86.